The Morgan fingerprint density at radius 3 is 2.65 bits per heavy atom. The number of aromatic nitrogens is 2. The van der Waals surface area contributed by atoms with Crippen molar-refractivity contribution >= 4 is 11.6 Å². The van der Waals surface area contributed by atoms with Crippen LogP contribution in [0.5, 0.6) is 0 Å². The predicted molar refractivity (Wildman–Crippen MR) is 103 cm³/mol. The molecular weight excluding hydrogens is 331 g/mol. The number of halogens is 1. The zero-order valence-corrected chi connectivity index (χ0v) is 15.5. The van der Waals surface area contributed by atoms with E-state index in [4.69, 9.17) is 0 Å². The molecule has 0 aliphatic carbocycles. The molecule has 3 rings (SSSR count). The Kier molecular flexibility index (Phi) is 6.09. The molecular formula is C19H27FN6. The van der Waals surface area contributed by atoms with Gasteiger partial charge in [-0.3, -0.25) is 9.67 Å². The number of rotatable bonds is 5. The maximum Gasteiger partial charge on any atom is 0.193 e. The highest BCUT2D eigenvalue weighted by atomic mass is 19.1. The van der Waals surface area contributed by atoms with Gasteiger partial charge in [-0.25, -0.2) is 4.39 Å². The van der Waals surface area contributed by atoms with Crippen molar-refractivity contribution in [2.45, 2.75) is 13.5 Å². The van der Waals surface area contributed by atoms with Gasteiger partial charge in [0, 0.05) is 58.7 Å². The summed E-state index contributed by atoms with van der Waals surface area (Å²) in [4.78, 5) is 8.74. The summed E-state index contributed by atoms with van der Waals surface area (Å²) in [5.74, 6) is 1.19. The van der Waals surface area contributed by atoms with E-state index < -0.39 is 0 Å². The zero-order valence-electron chi connectivity index (χ0n) is 15.5. The summed E-state index contributed by atoms with van der Waals surface area (Å²) in [6.07, 6.45) is 3.78. The van der Waals surface area contributed by atoms with Gasteiger partial charge in [-0.15, -0.1) is 0 Å². The van der Waals surface area contributed by atoms with Crippen LogP contribution in [0.25, 0.3) is 0 Å². The molecule has 1 aliphatic rings. The average Bonchev–Trinajstić information content (AvgIpc) is 3.16. The molecule has 0 radical (unpaired) electrons. The van der Waals surface area contributed by atoms with Crippen molar-refractivity contribution in [2.24, 2.45) is 10.9 Å². The van der Waals surface area contributed by atoms with Gasteiger partial charge in [0.05, 0.1) is 5.69 Å². The van der Waals surface area contributed by atoms with Gasteiger partial charge in [-0.05, 0) is 24.1 Å². The fourth-order valence-corrected chi connectivity index (χ4v) is 3.26. The van der Waals surface area contributed by atoms with Gasteiger partial charge >= 0.3 is 0 Å². The third-order valence-corrected chi connectivity index (χ3v) is 4.65. The standard InChI is InChI=1S/C19H27FN6/c1-16(15-26-9-5-8-23-26)14-22-19(21-2)25-12-10-24(11-13-25)18-7-4-3-6-17(18)20/h3-9,16H,10-15H2,1-2H3,(H,21,22). The molecule has 1 aliphatic heterocycles. The minimum absolute atomic E-state index is 0.157. The number of guanidine groups is 1. The van der Waals surface area contributed by atoms with Crippen LogP contribution in [0.1, 0.15) is 6.92 Å². The quantitative estimate of drug-likeness (QED) is 0.657. The summed E-state index contributed by atoms with van der Waals surface area (Å²) < 4.78 is 15.9. The van der Waals surface area contributed by atoms with Crippen LogP contribution in [0.3, 0.4) is 0 Å². The Bertz CT molecular complexity index is 707. The predicted octanol–water partition coefficient (Wildman–Crippen LogP) is 2.06. The topological polar surface area (TPSA) is 48.7 Å². The number of nitrogens with one attached hydrogen (secondary N) is 1. The largest absolute Gasteiger partial charge is 0.366 e. The van der Waals surface area contributed by atoms with E-state index in [1.807, 2.05) is 36.1 Å². The SMILES string of the molecule is CN=C(NCC(C)Cn1cccn1)N1CCN(c2ccccc2F)CC1. The van der Waals surface area contributed by atoms with Crippen LogP contribution in [-0.4, -0.2) is 60.4 Å². The Balaban J connectivity index is 1.48. The number of aliphatic imine (C=N–C) groups is 1. The number of anilines is 1. The van der Waals surface area contributed by atoms with Gasteiger partial charge in [-0.1, -0.05) is 19.1 Å². The minimum Gasteiger partial charge on any atom is -0.366 e. The molecule has 140 valence electrons. The van der Waals surface area contributed by atoms with Crippen molar-refractivity contribution in [1.29, 1.82) is 0 Å². The first-order valence-electron chi connectivity index (χ1n) is 9.10. The molecule has 0 amide bonds. The van der Waals surface area contributed by atoms with Crippen LogP contribution in [0.2, 0.25) is 0 Å². The van der Waals surface area contributed by atoms with E-state index in [1.165, 1.54) is 6.07 Å². The fraction of sp³-hybridized carbons (Fsp3) is 0.474. The lowest BCUT2D eigenvalue weighted by Gasteiger charge is -2.38. The highest BCUT2D eigenvalue weighted by Gasteiger charge is 2.21. The molecule has 1 unspecified atom stereocenters. The van der Waals surface area contributed by atoms with Crippen LogP contribution < -0.4 is 10.2 Å². The minimum atomic E-state index is -0.157. The van der Waals surface area contributed by atoms with Crippen molar-refractivity contribution in [1.82, 2.24) is 20.0 Å². The van der Waals surface area contributed by atoms with Gasteiger partial charge in [0.1, 0.15) is 5.82 Å². The van der Waals surface area contributed by atoms with Gasteiger partial charge in [0.15, 0.2) is 5.96 Å². The average molecular weight is 358 g/mol. The summed E-state index contributed by atoms with van der Waals surface area (Å²) in [5, 5.41) is 7.71. The van der Waals surface area contributed by atoms with Crippen LogP contribution in [0.15, 0.2) is 47.7 Å². The summed E-state index contributed by atoms with van der Waals surface area (Å²) in [7, 11) is 1.81. The van der Waals surface area contributed by atoms with Gasteiger partial charge in [0.2, 0.25) is 0 Å². The monoisotopic (exact) mass is 358 g/mol. The maximum atomic E-state index is 14.0. The molecule has 1 atom stereocenters. The summed E-state index contributed by atoms with van der Waals surface area (Å²) >= 11 is 0. The van der Waals surface area contributed by atoms with E-state index in [-0.39, 0.29) is 5.82 Å². The molecule has 1 N–H and O–H groups in total. The molecule has 1 fully saturated rings. The molecule has 0 bridgehead atoms. The zero-order chi connectivity index (χ0) is 18.4. The van der Waals surface area contributed by atoms with E-state index in [0.717, 1.165) is 45.2 Å². The highest BCUT2D eigenvalue weighted by molar-refractivity contribution is 5.80. The summed E-state index contributed by atoms with van der Waals surface area (Å²) in [5.41, 5.74) is 0.683. The second-order valence-corrected chi connectivity index (χ2v) is 6.69. The lowest BCUT2D eigenvalue weighted by atomic mass is 10.2. The maximum absolute atomic E-state index is 14.0. The van der Waals surface area contributed by atoms with Crippen molar-refractivity contribution in [2.75, 3.05) is 44.7 Å². The Morgan fingerprint density at radius 2 is 2.00 bits per heavy atom. The first-order valence-corrected chi connectivity index (χ1v) is 9.10. The Morgan fingerprint density at radius 1 is 1.23 bits per heavy atom. The molecule has 0 spiro atoms. The van der Waals surface area contributed by atoms with Crippen molar-refractivity contribution < 1.29 is 4.39 Å². The van der Waals surface area contributed by atoms with Gasteiger partial charge in [0.25, 0.3) is 0 Å². The third-order valence-electron chi connectivity index (χ3n) is 4.65. The summed E-state index contributed by atoms with van der Waals surface area (Å²) in [6, 6.07) is 8.91. The number of para-hydroxylation sites is 1. The van der Waals surface area contributed by atoms with E-state index in [9.17, 15) is 4.39 Å². The first kappa shape index (κ1) is 18.2. The fourth-order valence-electron chi connectivity index (χ4n) is 3.26. The molecule has 1 aromatic carbocycles. The van der Waals surface area contributed by atoms with E-state index in [2.05, 4.69) is 32.1 Å². The van der Waals surface area contributed by atoms with Crippen molar-refractivity contribution in [3.05, 3.63) is 48.5 Å². The van der Waals surface area contributed by atoms with E-state index in [1.54, 1.807) is 12.3 Å². The number of piperazine rings is 1. The molecule has 6 nitrogen and oxygen atoms in total. The Hall–Kier alpha value is -2.57. The molecule has 1 saturated heterocycles. The second kappa shape index (κ2) is 8.69. The third kappa shape index (κ3) is 4.53. The number of hydrogen-bond acceptors (Lipinski definition) is 3. The van der Waals surface area contributed by atoms with E-state index in [0.29, 0.717) is 11.6 Å². The van der Waals surface area contributed by atoms with Crippen LogP contribution in [0.4, 0.5) is 10.1 Å². The van der Waals surface area contributed by atoms with Gasteiger partial charge < -0.3 is 15.1 Å². The lowest BCUT2D eigenvalue weighted by molar-refractivity contribution is 0.362. The molecule has 1 aromatic heterocycles. The normalized spacial score (nSPS) is 16.7. The van der Waals surface area contributed by atoms with Crippen LogP contribution in [0, 0.1) is 11.7 Å². The summed E-state index contributed by atoms with van der Waals surface area (Å²) in [6.45, 7) is 7.11. The van der Waals surface area contributed by atoms with Crippen molar-refractivity contribution in [3.63, 3.8) is 0 Å². The molecule has 7 heteroatoms. The van der Waals surface area contributed by atoms with Crippen molar-refractivity contribution in [3.8, 4) is 0 Å². The van der Waals surface area contributed by atoms with E-state index >= 15 is 0 Å². The second-order valence-electron chi connectivity index (χ2n) is 6.69. The first-order chi connectivity index (χ1) is 12.7. The van der Waals surface area contributed by atoms with Gasteiger partial charge in [-0.2, -0.15) is 5.10 Å². The number of hydrogen-bond donors (Lipinski definition) is 1. The molecule has 26 heavy (non-hydrogen) atoms. The number of benzene rings is 1. The lowest BCUT2D eigenvalue weighted by Crippen LogP contribution is -2.53. The van der Waals surface area contributed by atoms with Crippen LogP contribution >= 0.6 is 0 Å². The molecule has 2 heterocycles. The number of nitrogens with zero attached hydrogens (tertiary/aromatic N) is 5. The Labute approximate surface area is 154 Å². The van der Waals surface area contributed by atoms with Crippen LogP contribution in [-0.2, 0) is 6.54 Å². The smallest absolute Gasteiger partial charge is 0.193 e. The molecule has 0 saturated carbocycles. The molecule has 2 aromatic rings. The highest BCUT2D eigenvalue weighted by Crippen LogP contribution is 2.20.